The molecule has 2 aliphatic carbocycles. The molecule has 65 heavy (non-hydrogen) atoms. The molecular formula is C61H34N2O2. The summed E-state index contributed by atoms with van der Waals surface area (Å²) in [6.45, 7) is 0. The Balaban J connectivity index is 1.02. The van der Waals surface area contributed by atoms with Gasteiger partial charge >= 0.3 is 0 Å². The van der Waals surface area contributed by atoms with Crippen molar-refractivity contribution in [1.82, 2.24) is 9.13 Å². The normalized spacial score (nSPS) is 13.7. The Morgan fingerprint density at radius 1 is 0.292 bits per heavy atom. The average Bonchev–Trinajstić information content (AvgIpc) is 4.20. The second kappa shape index (κ2) is 11.9. The van der Waals surface area contributed by atoms with Gasteiger partial charge < -0.3 is 18.0 Å². The van der Waals surface area contributed by atoms with Crippen molar-refractivity contribution in [2.45, 2.75) is 5.41 Å². The highest BCUT2D eigenvalue weighted by molar-refractivity contribution is 6.23. The minimum absolute atomic E-state index is 0.592. The maximum absolute atomic E-state index is 6.81. The first-order chi connectivity index (χ1) is 32.3. The highest BCUT2D eigenvalue weighted by Gasteiger charge is 2.52. The van der Waals surface area contributed by atoms with Gasteiger partial charge in [-0.3, -0.25) is 0 Å². The minimum atomic E-state index is -0.592. The second-order valence-corrected chi connectivity index (χ2v) is 17.9. The van der Waals surface area contributed by atoms with E-state index in [1.807, 2.05) is 0 Å². The van der Waals surface area contributed by atoms with E-state index in [0.717, 1.165) is 77.3 Å². The van der Waals surface area contributed by atoms with E-state index in [1.54, 1.807) is 0 Å². The van der Waals surface area contributed by atoms with Crippen LogP contribution in [0, 0.1) is 0 Å². The smallest absolute Gasteiger partial charge is 0.160 e. The van der Waals surface area contributed by atoms with Crippen LogP contribution in [0.5, 0.6) is 0 Å². The Bertz CT molecular complexity index is 4150. The number of aromatic nitrogens is 2. The molecule has 0 saturated carbocycles. The summed E-state index contributed by atoms with van der Waals surface area (Å²) in [5.41, 5.74) is 19.9. The van der Waals surface area contributed by atoms with Crippen LogP contribution in [0.2, 0.25) is 0 Å². The molecule has 4 heteroatoms. The Kier molecular flexibility index (Phi) is 6.21. The van der Waals surface area contributed by atoms with Crippen LogP contribution in [0.1, 0.15) is 22.3 Å². The molecule has 14 aromatic rings. The van der Waals surface area contributed by atoms with Crippen LogP contribution in [-0.2, 0) is 5.41 Å². The van der Waals surface area contributed by atoms with Crippen molar-refractivity contribution in [3.63, 3.8) is 0 Å². The summed E-state index contributed by atoms with van der Waals surface area (Å²) in [6, 6.07) is 75.9. The molecule has 0 N–H and O–H groups in total. The molecule has 0 bridgehead atoms. The fourth-order valence-corrected chi connectivity index (χ4v) is 12.4. The van der Waals surface area contributed by atoms with Gasteiger partial charge in [-0.05, 0) is 105 Å². The lowest BCUT2D eigenvalue weighted by Gasteiger charge is -2.31. The van der Waals surface area contributed by atoms with Gasteiger partial charge in [0.15, 0.2) is 11.2 Å². The molecule has 16 rings (SSSR count). The molecule has 0 radical (unpaired) electrons. The molecule has 4 heterocycles. The zero-order chi connectivity index (χ0) is 42.1. The van der Waals surface area contributed by atoms with Gasteiger partial charge in [-0.15, -0.1) is 0 Å². The lowest BCUT2D eigenvalue weighted by atomic mass is 9.70. The van der Waals surface area contributed by atoms with E-state index in [9.17, 15) is 0 Å². The molecule has 0 amide bonds. The van der Waals surface area contributed by atoms with Crippen LogP contribution in [0.15, 0.2) is 215 Å². The molecule has 0 fully saturated rings. The van der Waals surface area contributed by atoms with Crippen LogP contribution in [0.3, 0.4) is 0 Å². The van der Waals surface area contributed by atoms with Crippen molar-refractivity contribution in [2.24, 2.45) is 0 Å². The van der Waals surface area contributed by atoms with Crippen LogP contribution < -0.4 is 0 Å². The van der Waals surface area contributed by atoms with Crippen molar-refractivity contribution in [2.75, 3.05) is 0 Å². The third-order valence-corrected chi connectivity index (χ3v) is 14.9. The van der Waals surface area contributed by atoms with E-state index in [-0.39, 0.29) is 0 Å². The summed E-state index contributed by atoms with van der Waals surface area (Å²) >= 11 is 0. The summed E-state index contributed by atoms with van der Waals surface area (Å²) in [7, 11) is 0. The molecule has 1 spiro atoms. The maximum atomic E-state index is 6.81. The van der Waals surface area contributed by atoms with Crippen molar-refractivity contribution < 1.29 is 8.83 Å². The molecule has 10 aromatic carbocycles. The molecule has 0 saturated heterocycles. The quantitative estimate of drug-likeness (QED) is 0.174. The van der Waals surface area contributed by atoms with E-state index in [0.29, 0.717) is 0 Å². The summed E-state index contributed by atoms with van der Waals surface area (Å²) < 4.78 is 18.5. The Labute approximate surface area is 371 Å². The minimum Gasteiger partial charge on any atom is -0.454 e. The highest BCUT2D eigenvalue weighted by Crippen LogP contribution is 2.63. The number of hydrogen-bond acceptors (Lipinski definition) is 2. The summed E-state index contributed by atoms with van der Waals surface area (Å²) in [5.74, 6) is 0. The predicted octanol–water partition coefficient (Wildman–Crippen LogP) is 16.0. The van der Waals surface area contributed by atoms with Crippen molar-refractivity contribution >= 4 is 87.5 Å². The first-order valence-electron chi connectivity index (χ1n) is 22.4. The topological polar surface area (TPSA) is 36.1 Å². The van der Waals surface area contributed by atoms with Gasteiger partial charge in [0.1, 0.15) is 11.2 Å². The number of benzene rings is 10. The number of hydrogen-bond donors (Lipinski definition) is 0. The molecule has 0 unspecified atom stereocenters. The Hall–Kier alpha value is -8.60. The zero-order valence-corrected chi connectivity index (χ0v) is 34.8. The summed E-state index contributed by atoms with van der Waals surface area (Å²) in [4.78, 5) is 0. The first kappa shape index (κ1) is 34.0. The zero-order valence-electron chi connectivity index (χ0n) is 34.8. The third-order valence-electron chi connectivity index (χ3n) is 14.9. The maximum Gasteiger partial charge on any atom is 0.160 e. The van der Waals surface area contributed by atoms with Gasteiger partial charge in [0.25, 0.3) is 0 Å². The first-order valence-corrected chi connectivity index (χ1v) is 22.4. The SMILES string of the molecule is c1ccc2c(c1)-c1ccccc1C21c2cc(-n3c4ccccc4c4ccc5c6ccccc6oc5c43)ccc2-c2ccc(-n3c4ccccc4c4ccc5c6ccccc6oc5c43)cc21. The number of rotatable bonds is 2. The predicted molar refractivity (Wildman–Crippen MR) is 266 cm³/mol. The van der Waals surface area contributed by atoms with Gasteiger partial charge in [0.2, 0.25) is 0 Å². The second-order valence-electron chi connectivity index (χ2n) is 17.9. The van der Waals surface area contributed by atoms with E-state index >= 15 is 0 Å². The highest BCUT2D eigenvalue weighted by atomic mass is 16.3. The van der Waals surface area contributed by atoms with Gasteiger partial charge in [-0.1, -0.05) is 146 Å². The van der Waals surface area contributed by atoms with E-state index in [4.69, 9.17) is 8.83 Å². The van der Waals surface area contributed by atoms with E-state index < -0.39 is 5.41 Å². The van der Waals surface area contributed by atoms with Crippen molar-refractivity contribution in [3.05, 3.63) is 229 Å². The Morgan fingerprint density at radius 2 is 0.677 bits per heavy atom. The van der Waals surface area contributed by atoms with Crippen LogP contribution in [0.4, 0.5) is 0 Å². The molecule has 300 valence electrons. The Morgan fingerprint density at radius 3 is 1.17 bits per heavy atom. The largest absolute Gasteiger partial charge is 0.454 e. The number of fused-ring (bicyclic) bond motifs is 24. The summed E-state index contributed by atoms with van der Waals surface area (Å²) in [6.07, 6.45) is 0. The lowest BCUT2D eigenvalue weighted by Crippen LogP contribution is -2.26. The number of furan rings is 2. The van der Waals surface area contributed by atoms with E-state index in [2.05, 4.69) is 215 Å². The van der Waals surface area contributed by atoms with Gasteiger partial charge in [-0.2, -0.15) is 0 Å². The molecule has 0 aliphatic heterocycles. The standard InChI is InChI=1S/C61H34N2O2/c1-7-19-49-37(13-1)38-14-2-8-20-50(38)61(49)51-33-35(62-53-21-9-3-15-41(53)45-29-31-47-43-17-5-11-23-55(43)64-59(47)57(45)62)25-27-39(51)40-28-26-36(34-52(40)61)63-54-22-10-4-16-42(54)46-30-32-48-44-18-6-12-24-56(44)65-60(48)58(46)63/h1-34H. The summed E-state index contributed by atoms with van der Waals surface area (Å²) in [5, 5.41) is 9.26. The van der Waals surface area contributed by atoms with Crippen molar-refractivity contribution in [3.8, 4) is 33.6 Å². The van der Waals surface area contributed by atoms with Crippen LogP contribution in [-0.4, -0.2) is 9.13 Å². The van der Waals surface area contributed by atoms with Crippen molar-refractivity contribution in [1.29, 1.82) is 0 Å². The van der Waals surface area contributed by atoms with Crippen LogP contribution in [0.25, 0.3) is 121 Å². The molecule has 4 aromatic heterocycles. The average molecular weight is 827 g/mol. The fourth-order valence-electron chi connectivity index (χ4n) is 12.4. The molecular weight excluding hydrogens is 793 g/mol. The lowest BCUT2D eigenvalue weighted by molar-refractivity contribution is 0.670. The number of para-hydroxylation sites is 4. The van der Waals surface area contributed by atoms with Gasteiger partial charge in [-0.25, -0.2) is 0 Å². The monoisotopic (exact) mass is 826 g/mol. The van der Waals surface area contributed by atoms with Crippen LogP contribution >= 0.6 is 0 Å². The molecule has 2 aliphatic rings. The van der Waals surface area contributed by atoms with Gasteiger partial charge in [0, 0.05) is 54.5 Å². The van der Waals surface area contributed by atoms with E-state index in [1.165, 1.54) is 66.1 Å². The van der Waals surface area contributed by atoms with Gasteiger partial charge in [0.05, 0.1) is 27.5 Å². The molecule has 0 atom stereocenters. The molecule has 4 nitrogen and oxygen atoms in total. The third kappa shape index (κ3) is 4.05. The number of nitrogens with zero attached hydrogens (tertiary/aromatic N) is 2. The fraction of sp³-hybridized carbons (Fsp3) is 0.0164.